The highest BCUT2D eigenvalue weighted by Gasteiger charge is 2.22. The minimum atomic E-state index is -0.172. The number of rotatable bonds is 5. The number of anilines is 1. The molecule has 0 unspecified atom stereocenters. The molecule has 0 aliphatic rings. The maximum Gasteiger partial charge on any atom is 0.260 e. The molecule has 4 aromatic rings. The summed E-state index contributed by atoms with van der Waals surface area (Å²) < 4.78 is 6.18. The van der Waals surface area contributed by atoms with Crippen LogP contribution in [0.3, 0.4) is 0 Å². The van der Waals surface area contributed by atoms with Crippen molar-refractivity contribution in [3.8, 4) is 5.75 Å². The first kappa shape index (κ1) is 18.4. The van der Waals surface area contributed by atoms with Crippen molar-refractivity contribution in [2.75, 3.05) is 12.0 Å². The van der Waals surface area contributed by atoms with Gasteiger partial charge in [-0.15, -0.1) is 0 Å². The van der Waals surface area contributed by atoms with Gasteiger partial charge in [0, 0.05) is 16.8 Å². The highest BCUT2D eigenvalue weighted by Crippen LogP contribution is 2.32. The van der Waals surface area contributed by atoms with Gasteiger partial charge in [-0.1, -0.05) is 35.1 Å². The lowest BCUT2D eigenvalue weighted by molar-refractivity contribution is 0.0984. The van der Waals surface area contributed by atoms with Crippen LogP contribution >= 0.6 is 22.9 Å². The number of amides is 1. The number of aromatic nitrogens is 2. The van der Waals surface area contributed by atoms with Crippen molar-refractivity contribution in [1.82, 2.24) is 9.97 Å². The summed E-state index contributed by atoms with van der Waals surface area (Å²) in [5, 5.41) is 1.23. The molecular weight excluding hydrogens is 394 g/mol. The second-order valence-corrected chi connectivity index (χ2v) is 7.50. The van der Waals surface area contributed by atoms with Gasteiger partial charge in [0.1, 0.15) is 5.75 Å². The average Bonchev–Trinajstić information content (AvgIpc) is 3.15. The zero-order valence-corrected chi connectivity index (χ0v) is 16.6. The lowest BCUT2D eigenvalue weighted by Crippen LogP contribution is -2.30. The van der Waals surface area contributed by atoms with Crippen LogP contribution in [0.5, 0.6) is 5.75 Å². The lowest BCUT2D eigenvalue weighted by Gasteiger charge is -2.20. The molecule has 4 rings (SSSR count). The molecule has 0 atom stereocenters. The van der Waals surface area contributed by atoms with Gasteiger partial charge < -0.3 is 4.74 Å². The standard InChI is InChI=1S/C21H16ClN3O2S/c1-27-17-7-4-5-14(11-17)20(26)25(13-16-6-2-3-10-23-16)21-24-18-9-8-15(22)12-19(18)28-21/h2-12H,13H2,1H3. The number of halogens is 1. The van der Waals surface area contributed by atoms with Crippen molar-refractivity contribution >= 4 is 44.2 Å². The van der Waals surface area contributed by atoms with E-state index in [1.807, 2.05) is 30.3 Å². The number of ether oxygens (including phenoxy) is 1. The molecule has 0 fully saturated rings. The van der Waals surface area contributed by atoms with Crippen LogP contribution < -0.4 is 9.64 Å². The average molecular weight is 410 g/mol. The second-order valence-electron chi connectivity index (χ2n) is 6.05. The molecule has 0 aliphatic heterocycles. The molecule has 2 aromatic carbocycles. The zero-order chi connectivity index (χ0) is 19.5. The Morgan fingerprint density at radius 1 is 1.14 bits per heavy atom. The van der Waals surface area contributed by atoms with E-state index in [0.29, 0.717) is 28.0 Å². The first-order valence-electron chi connectivity index (χ1n) is 8.56. The second kappa shape index (κ2) is 7.96. The van der Waals surface area contributed by atoms with Gasteiger partial charge in [0.05, 0.1) is 29.6 Å². The van der Waals surface area contributed by atoms with Crippen LogP contribution in [0.1, 0.15) is 16.1 Å². The number of carbonyl (C=O) groups is 1. The van der Waals surface area contributed by atoms with Gasteiger partial charge in [0.2, 0.25) is 0 Å². The third-order valence-electron chi connectivity index (χ3n) is 4.18. The van der Waals surface area contributed by atoms with Gasteiger partial charge in [-0.25, -0.2) is 4.98 Å². The quantitative estimate of drug-likeness (QED) is 0.454. The highest BCUT2D eigenvalue weighted by atomic mass is 35.5. The maximum absolute atomic E-state index is 13.3. The number of nitrogens with zero attached hydrogens (tertiary/aromatic N) is 3. The van der Waals surface area contributed by atoms with Crippen LogP contribution in [0.2, 0.25) is 5.02 Å². The molecule has 0 bridgehead atoms. The van der Waals surface area contributed by atoms with Crippen molar-refractivity contribution in [2.45, 2.75) is 6.54 Å². The molecule has 2 heterocycles. The van der Waals surface area contributed by atoms with Crippen molar-refractivity contribution in [2.24, 2.45) is 0 Å². The fourth-order valence-corrected chi connectivity index (χ4v) is 4.03. The SMILES string of the molecule is COc1cccc(C(=O)N(Cc2ccccn2)c2nc3ccc(Cl)cc3s2)c1. The number of hydrogen-bond acceptors (Lipinski definition) is 5. The largest absolute Gasteiger partial charge is 0.497 e. The third-order valence-corrected chi connectivity index (χ3v) is 5.45. The molecule has 1 amide bonds. The number of hydrogen-bond donors (Lipinski definition) is 0. The molecule has 0 spiro atoms. The van der Waals surface area contributed by atoms with Crippen LogP contribution in [-0.2, 0) is 6.54 Å². The summed E-state index contributed by atoms with van der Waals surface area (Å²) in [6.45, 7) is 0.310. The van der Waals surface area contributed by atoms with E-state index < -0.39 is 0 Å². The van der Waals surface area contributed by atoms with E-state index in [0.717, 1.165) is 15.9 Å². The van der Waals surface area contributed by atoms with Gasteiger partial charge >= 0.3 is 0 Å². The van der Waals surface area contributed by atoms with Crippen molar-refractivity contribution in [1.29, 1.82) is 0 Å². The Hall–Kier alpha value is -2.96. The molecule has 7 heteroatoms. The van der Waals surface area contributed by atoms with Crippen molar-refractivity contribution in [3.05, 3.63) is 83.1 Å². The first-order chi connectivity index (χ1) is 13.6. The molecule has 5 nitrogen and oxygen atoms in total. The van der Waals surface area contributed by atoms with Gasteiger partial charge in [-0.05, 0) is 48.5 Å². The fraction of sp³-hybridized carbons (Fsp3) is 0.0952. The maximum atomic E-state index is 13.3. The summed E-state index contributed by atoms with van der Waals surface area (Å²) in [4.78, 5) is 24.0. The van der Waals surface area contributed by atoms with E-state index in [4.69, 9.17) is 16.3 Å². The topological polar surface area (TPSA) is 55.3 Å². The molecule has 0 aliphatic carbocycles. The Balaban J connectivity index is 1.77. The molecule has 0 radical (unpaired) electrons. The Morgan fingerprint density at radius 2 is 2.04 bits per heavy atom. The van der Waals surface area contributed by atoms with Crippen LogP contribution in [-0.4, -0.2) is 23.0 Å². The minimum Gasteiger partial charge on any atom is -0.497 e. The predicted molar refractivity (Wildman–Crippen MR) is 112 cm³/mol. The molecule has 28 heavy (non-hydrogen) atoms. The molecule has 140 valence electrons. The zero-order valence-electron chi connectivity index (χ0n) is 15.0. The summed E-state index contributed by atoms with van der Waals surface area (Å²) in [5.74, 6) is 0.453. The van der Waals surface area contributed by atoms with E-state index in [-0.39, 0.29) is 5.91 Å². The lowest BCUT2D eigenvalue weighted by atomic mass is 10.2. The Labute approximate surface area is 171 Å². The molecule has 0 saturated carbocycles. The first-order valence-corrected chi connectivity index (χ1v) is 9.75. The van der Waals surface area contributed by atoms with E-state index >= 15 is 0 Å². The fourth-order valence-electron chi connectivity index (χ4n) is 2.79. The summed E-state index contributed by atoms with van der Waals surface area (Å²) in [6.07, 6.45) is 1.71. The van der Waals surface area contributed by atoms with E-state index in [2.05, 4.69) is 9.97 Å². The minimum absolute atomic E-state index is 0.172. The van der Waals surface area contributed by atoms with Crippen molar-refractivity contribution < 1.29 is 9.53 Å². The Morgan fingerprint density at radius 3 is 2.82 bits per heavy atom. The number of benzene rings is 2. The van der Waals surface area contributed by atoms with Crippen LogP contribution in [0, 0.1) is 0 Å². The van der Waals surface area contributed by atoms with Crippen molar-refractivity contribution in [3.63, 3.8) is 0 Å². The Bertz CT molecular complexity index is 1130. The summed E-state index contributed by atoms with van der Waals surface area (Å²) in [5.41, 5.74) is 2.09. The van der Waals surface area contributed by atoms with E-state index in [1.165, 1.54) is 11.3 Å². The molecular formula is C21H16ClN3O2S. The van der Waals surface area contributed by atoms with Gasteiger partial charge in [-0.2, -0.15) is 0 Å². The van der Waals surface area contributed by atoms with Crippen LogP contribution in [0.4, 0.5) is 5.13 Å². The van der Waals surface area contributed by atoms with Gasteiger partial charge in [0.15, 0.2) is 5.13 Å². The monoisotopic (exact) mass is 409 g/mol. The van der Waals surface area contributed by atoms with E-state index in [1.54, 1.807) is 48.5 Å². The number of thiazole rings is 1. The summed E-state index contributed by atoms with van der Waals surface area (Å²) in [6, 6.07) is 18.2. The third kappa shape index (κ3) is 3.83. The van der Waals surface area contributed by atoms with Gasteiger partial charge in [0.25, 0.3) is 5.91 Å². The highest BCUT2D eigenvalue weighted by molar-refractivity contribution is 7.22. The molecule has 0 saturated heterocycles. The molecule has 2 aromatic heterocycles. The van der Waals surface area contributed by atoms with Crippen LogP contribution in [0.25, 0.3) is 10.2 Å². The normalized spacial score (nSPS) is 10.8. The van der Waals surface area contributed by atoms with Crippen LogP contribution in [0.15, 0.2) is 66.9 Å². The Kier molecular flexibility index (Phi) is 5.23. The number of carbonyl (C=O) groups excluding carboxylic acids is 1. The summed E-state index contributed by atoms with van der Waals surface area (Å²) >= 11 is 7.53. The van der Waals surface area contributed by atoms with Gasteiger partial charge in [-0.3, -0.25) is 14.7 Å². The summed E-state index contributed by atoms with van der Waals surface area (Å²) in [7, 11) is 1.58. The smallest absolute Gasteiger partial charge is 0.260 e. The predicted octanol–water partition coefficient (Wildman–Crippen LogP) is 5.20. The number of pyridine rings is 1. The molecule has 0 N–H and O–H groups in total. The number of fused-ring (bicyclic) bond motifs is 1. The number of methoxy groups -OCH3 is 1. The van der Waals surface area contributed by atoms with E-state index in [9.17, 15) is 4.79 Å².